The van der Waals surface area contributed by atoms with Crippen molar-refractivity contribution in [2.45, 2.75) is 103 Å². The highest BCUT2D eigenvalue weighted by Crippen LogP contribution is 2.23. The molecule has 0 aliphatic carbocycles. The Kier molecular flexibility index (Phi) is 20.5. The number of hydrogen-bond donors (Lipinski definition) is 2. The van der Waals surface area contributed by atoms with Crippen molar-refractivity contribution < 1.29 is 19.3 Å². The fourth-order valence-electron chi connectivity index (χ4n) is 5.00. The summed E-state index contributed by atoms with van der Waals surface area (Å²) < 4.78 is 11.8. The molecule has 2 aromatic carbocycles. The van der Waals surface area contributed by atoms with Crippen LogP contribution in [-0.2, 0) is 0 Å². The quantitative estimate of drug-likeness (QED) is 0.0898. The van der Waals surface area contributed by atoms with E-state index in [1.54, 1.807) is 9.80 Å². The Labute approximate surface area is 257 Å². The van der Waals surface area contributed by atoms with Crippen LogP contribution in [0, 0.1) is 0 Å². The van der Waals surface area contributed by atoms with E-state index in [1.807, 2.05) is 48.5 Å². The Morgan fingerprint density at radius 3 is 1.00 bits per heavy atom. The second-order valence-electron chi connectivity index (χ2n) is 12.5. The molecule has 2 rings (SSSR count). The van der Waals surface area contributed by atoms with Gasteiger partial charge in [-0.3, -0.25) is 0 Å². The zero-order chi connectivity index (χ0) is 30.1. The smallest absolute Gasteiger partial charge is 0.119 e. The number of unbranched alkanes of at least 4 members (excludes halogenated alkanes) is 14. The van der Waals surface area contributed by atoms with Crippen molar-refractivity contribution in [2.75, 3.05) is 54.5 Å². The van der Waals surface area contributed by atoms with Gasteiger partial charge in [0.15, 0.2) is 0 Å². The third-order valence-electron chi connectivity index (χ3n) is 7.63. The highest BCUT2D eigenvalue weighted by Gasteiger charge is 2.00. The summed E-state index contributed by atoms with van der Waals surface area (Å²) in [5, 5.41) is 8.75. The van der Waals surface area contributed by atoms with Gasteiger partial charge in [-0.2, -0.15) is 10.2 Å². The second kappa shape index (κ2) is 24.0. The van der Waals surface area contributed by atoms with E-state index in [9.17, 15) is 0 Å². The molecule has 0 unspecified atom stereocenters. The van der Waals surface area contributed by atoms with E-state index in [2.05, 4.69) is 38.4 Å². The summed E-state index contributed by atoms with van der Waals surface area (Å²) in [5.74, 6) is 1.80. The molecule has 0 aromatic heterocycles. The molecule has 0 aliphatic rings. The molecular weight excluding hydrogens is 520 g/mol. The van der Waals surface area contributed by atoms with E-state index in [1.165, 1.54) is 103 Å². The zero-order valence-electron chi connectivity index (χ0n) is 27.5. The third-order valence-corrected chi connectivity index (χ3v) is 7.63. The van der Waals surface area contributed by atoms with Crippen LogP contribution in [0.15, 0.2) is 58.8 Å². The first-order valence-corrected chi connectivity index (χ1v) is 17.0. The van der Waals surface area contributed by atoms with Gasteiger partial charge in [-0.25, -0.2) is 0 Å². The predicted molar refractivity (Wildman–Crippen MR) is 177 cm³/mol. The number of ether oxygens (including phenoxy) is 2. The van der Waals surface area contributed by atoms with E-state index in [0.29, 0.717) is 0 Å². The number of quaternary nitrogens is 2. The summed E-state index contributed by atoms with van der Waals surface area (Å²) in [7, 11) is 8.94. The monoisotopic (exact) mass is 582 g/mol. The first-order chi connectivity index (χ1) is 20.5. The fourth-order valence-corrected chi connectivity index (χ4v) is 5.00. The molecule has 0 aliphatic heterocycles. The lowest BCUT2D eigenvalue weighted by atomic mass is 10.1. The van der Waals surface area contributed by atoms with E-state index in [0.717, 1.165) is 48.9 Å². The van der Waals surface area contributed by atoms with Crippen molar-refractivity contribution in [2.24, 2.45) is 10.2 Å². The van der Waals surface area contributed by atoms with Crippen LogP contribution in [0.25, 0.3) is 0 Å². The average Bonchev–Trinajstić information content (AvgIpc) is 2.98. The van der Waals surface area contributed by atoms with Crippen LogP contribution >= 0.6 is 0 Å². The largest absolute Gasteiger partial charge is 0.494 e. The van der Waals surface area contributed by atoms with Crippen molar-refractivity contribution in [3.63, 3.8) is 0 Å². The van der Waals surface area contributed by atoms with Crippen LogP contribution in [-0.4, -0.2) is 54.5 Å². The maximum atomic E-state index is 5.91. The van der Waals surface area contributed by atoms with Gasteiger partial charge in [0.05, 0.1) is 65.9 Å². The highest BCUT2D eigenvalue weighted by molar-refractivity contribution is 5.44. The van der Waals surface area contributed by atoms with Crippen molar-refractivity contribution in [3.8, 4) is 11.5 Å². The number of hydrogen-bond acceptors (Lipinski definition) is 4. The van der Waals surface area contributed by atoms with Crippen LogP contribution in [0.1, 0.15) is 103 Å². The Morgan fingerprint density at radius 2 is 0.690 bits per heavy atom. The Morgan fingerprint density at radius 1 is 0.405 bits per heavy atom. The van der Waals surface area contributed by atoms with Gasteiger partial charge in [-0.05, 0) is 87.1 Å². The first-order valence-electron chi connectivity index (χ1n) is 17.0. The van der Waals surface area contributed by atoms with Gasteiger partial charge >= 0.3 is 0 Å². The SMILES string of the molecule is C[NH+](C)CCCCCCCCCCOc1ccc(N=Nc2ccc(OCCCCCCCCCC[NH+](C)C)cc2)cc1. The van der Waals surface area contributed by atoms with Gasteiger partial charge in [-0.15, -0.1) is 0 Å². The summed E-state index contributed by atoms with van der Waals surface area (Å²) >= 11 is 0. The highest BCUT2D eigenvalue weighted by atomic mass is 16.5. The molecule has 0 fully saturated rings. The average molecular weight is 583 g/mol. The van der Waals surface area contributed by atoms with Crippen LogP contribution in [0.2, 0.25) is 0 Å². The van der Waals surface area contributed by atoms with Gasteiger partial charge in [0.1, 0.15) is 11.5 Å². The number of azo groups is 1. The summed E-state index contributed by atoms with van der Waals surface area (Å²) in [6, 6.07) is 15.8. The summed E-state index contributed by atoms with van der Waals surface area (Å²) in [6.07, 6.45) is 21.0. The molecule has 0 radical (unpaired) electrons. The lowest BCUT2D eigenvalue weighted by Gasteiger charge is -2.07. The first kappa shape index (κ1) is 35.8. The summed E-state index contributed by atoms with van der Waals surface area (Å²) in [4.78, 5) is 3.12. The van der Waals surface area contributed by atoms with Crippen molar-refractivity contribution in [1.29, 1.82) is 0 Å². The van der Waals surface area contributed by atoms with Gasteiger partial charge < -0.3 is 19.3 Å². The molecule has 0 saturated carbocycles. The molecule has 2 aromatic rings. The Bertz CT molecular complexity index is 838. The minimum absolute atomic E-state index is 0.777. The van der Waals surface area contributed by atoms with Crippen molar-refractivity contribution >= 4 is 11.4 Å². The number of nitrogens with zero attached hydrogens (tertiary/aromatic N) is 2. The van der Waals surface area contributed by atoms with E-state index in [4.69, 9.17) is 9.47 Å². The molecule has 0 spiro atoms. The molecule has 0 atom stereocenters. The van der Waals surface area contributed by atoms with Crippen molar-refractivity contribution in [3.05, 3.63) is 48.5 Å². The van der Waals surface area contributed by atoms with E-state index in [-0.39, 0.29) is 0 Å². The van der Waals surface area contributed by atoms with Crippen molar-refractivity contribution in [1.82, 2.24) is 0 Å². The molecule has 0 amide bonds. The summed E-state index contributed by atoms with van der Waals surface area (Å²) in [5.41, 5.74) is 1.65. The number of rotatable bonds is 26. The molecule has 6 nitrogen and oxygen atoms in total. The number of benzene rings is 2. The molecule has 0 saturated heterocycles. The Balaban J connectivity index is 1.49. The minimum atomic E-state index is 0.777. The second-order valence-corrected chi connectivity index (χ2v) is 12.5. The standard InChI is InChI=1S/C36H60N4O2/c1-39(2)29-17-13-9-5-7-11-15-19-31-41-35-25-21-33(22-26-35)37-38-34-23-27-36(28-24-34)42-32-20-16-12-8-6-10-14-18-30-40(3)4/h21-28H,5-20,29-32H2,1-4H3/p+2. The van der Waals surface area contributed by atoms with Gasteiger partial charge in [0.2, 0.25) is 0 Å². The van der Waals surface area contributed by atoms with Gasteiger partial charge in [0, 0.05) is 0 Å². The molecule has 236 valence electrons. The zero-order valence-corrected chi connectivity index (χ0v) is 27.5. The Hall–Kier alpha value is -2.44. The predicted octanol–water partition coefficient (Wildman–Crippen LogP) is 7.39. The molecule has 0 heterocycles. The van der Waals surface area contributed by atoms with Crippen LogP contribution in [0.5, 0.6) is 11.5 Å². The van der Waals surface area contributed by atoms with E-state index < -0.39 is 0 Å². The lowest BCUT2D eigenvalue weighted by molar-refractivity contribution is -0.858. The molecule has 6 heteroatoms. The van der Waals surface area contributed by atoms with Crippen LogP contribution in [0.4, 0.5) is 11.4 Å². The topological polar surface area (TPSA) is 52.1 Å². The molecule has 2 N–H and O–H groups in total. The maximum Gasteiger partial charge on any atom is 0.119 e. The van der Waals surface area contributed by atoms with Gasteiger partial charge in [0.25, 0.3) is 0 Å². The fraction of sp³-hybridized carbons (Fsp3) is 0.667. The number of nitrogens with one attached hydrogen (secondary N) is 2. The van der Waals surface area contributed by atoms with E-state index >= 15 is 0 Å². The molecule has 42 heavy (non-hydrogen) atoms. The van der Waals surface area contributed by atoms with Gasteiger partial charge in [-0.1, -0.05) is 64.2 Å². The molecule has 0 bridgehead atoms. The maximum absolute atomic E-state index is 5.91. The summed E-state index contributed by atoms with van der Waals surface area (Å²) in [6.45, 7) is 4.14. The lowest BCUT2D eigenvalue weighted by Crippen LogP contribution is -3.05. The normalized spacial score (nSPS) is 11.7. The van der Waals surface area contributed by atoms with Crippen LogP contribution < -0.4 is 19.3 Å². The minimum Gasteiger partial charge on any atom is -0.494 e. The van der Waals surface area contributed by atoms with Crippen LogP contribution in [0.3, 0.4) is 0 Å². The third kappa shape index (κ3) is 19.6. The molecular formula is C36H62N4O2+2.